The lowest BCUT2D eigenvalue weighted by molar-refractivity contribution is -0.127. The summed E-state index contributed by atoms with van der Waals surface area (Å²) in [5.74, 6) is -0.0536. The lowest BCUT2D eigenvalue weighted by Gasteiger charge is -2.22. The summed E-state index contributed by atoms with van der Waals surface area (Å²) in [4.78, 5) is 18.9. The molecule has 4 heteroatoms. The van der Waals surface area contributed by atoms with Gasteiger partial charge in [-0.1, -0.05) is 54.1 Å². The molecule has 0 spiro atoms. The molecular weight excluding hydrogens is 356 g/mol. The van der Waals surface area contributed by atoms with Crippen molar-refractivity contribution in [3.8, 4) is 0 Å². The Hall–Kier alpha value is -2.91. The van der Waals surface area contributed by atoms with Crippen molar-refractivity contribution < 1.29 is 4.79 Å². The Morgan fingerprint density at radius 3 is 2.67 bits per heavy atom. The van der Waals surface area contributed by atoms with E-state index in [1.165, 1.54) is 5.56 Å². The molecule has 3 nitrogen and oxygen atoms in total. The molecule has 0 fully saturated rings. The Kier molecular flexibility index (Phi) is 6.39. The van der Waals surface area contributed by atoms with Gasteiger partial charge >= 0.3 is 0 Å². The Morgan fingerprint density at radius 2 is 1.93 bits per heavy atom. The molecule has 0 aliphatic rings. The molecule has 0 radical (unpaired) electrons. The fourth-order valence-electron chi connectivity index (χ4n) is 2.80. The normalized spacial score (nSPS) is 10.9. The third-order valence-corrected chi connectivity index (χ3v) is 4.53. The molecule has 0 saturated carbocycles. The van der Waals surface area contributed by atoms with Crippen molar-refractivity contribution in [3.05, 3.63) is 106 Å². The number of benzene rings is 2. The summed E-state index contributed by atoms with van der Waals surface area (Å²) in [6.07, 6.45) is 6.91. The zero-order valence-corrected chi connectivity index (χ0v) is 15.9. The monoisotopic (exact) mass is 376 g/mol. The number of hydrogen-bond acceptors (Lipinski definition) is 2. The van der Waals surface area contributed by atoms with E-state index in [0.29, 0.717) is 18.1 Å². The van der Waals surface area contributed by atoms with Crippen LogP contribution >= 0.6 is 11.6 Å². The van der Waals surface area contributed by atoms with Crippen LogP contribution in [0.3, 0.4) is 0 Å². The summed E-state index contributed by atoms with van der Waals surface area (Å²) in [7, 11) is 0. The van der Waals surface area contributed by atoms with E-state index in [9.17, 15) is 4.79 Å². The molecule has 0 unspecified atom stereocenters. The van der Waals surface area contributed by atoms with Crippen LogP contribution in [0.25, 0.3) is 6.08 Å². The molecule has 27 heavy (non-hydrogen) atoms. The van der Waals surface area contributed by atoms with Crippen molar-refractivity contribution in [3.63, 3.8) is 0 Å². The number of rotatable bonds is 6. The average Bonchev–Trinajstić information content (AvgIpc) is 2.68. The van der Waals surface area contributed by atoms with Gasteiger partial charge in [0.1, 0.15) is 0 Å². The maximum atomic E-state index is 12.9. The second kappa shape index (κ2) is 9.15. The van der Waals surface area contributed by atoms with Gasteiger partial charge in [-0.15, -0.1) is 0 Å². The largest absolute Gasteiger partial charge is 0.330 e. The predicted octanol–water partition coefficient (Wildman–Crippen LogP) is 5.29. The van der Waals surface area contributed by atoms with Gasteiger partial charge in [0.05, 0.1) is 0 Å². The summed E-state index contributed by atoms with van der Waals surface area (Å²) < 4.78 is 0. The van der Waals surface area contributed by atoms with E-state index >= 15 is 0 Å². The highest BCUT2D eigenvalue weighted by Gasteiger charge is 2.13. The third-order valence-electron chi connectivity index (χ3n) is 4.30. The molecule has 0 bridgehead atoms. The van der Waals surface area contributed by atoms with Crippen LogP contribution in [0.15, 0.2) is 79.1 Å². The highest BCUT2D eigenvalue weighted by Crippen LogP contribution is 2.15. The average molecular weight is 377 g/mol. The first-order chi connectivity index (χ1) is 13.1. The van der Waals surface area contributed by atoms with Gasteiger partial charge in [0.2, 0.25) is 5.91 Å². The van der Waals surface area contributed by atoms with Gasteiger partial charge in [0.15, 0.2) is 0 Å². The van der Waals surface area contributed by atoms with Gasteiger partial charge in [-0.2, -0.15) is 0 Å². The van der Waals surface area contributed by atoms with Gasteiger partial charge in [-0.05, 0) is 53.5 Å². The minimum atomic E-state index is -0.0536. The minimum Gasteiger partial charge on any atom is -0.330 e. The zero-order chi connectivity index (χ0) is 19.1. The summed E-state index contributed by atoms with van der Waals surface area (Å²) in [6.45, 7) is 3.10. The molecular formula is C23H21ClN2O. The molecule has 0 N–H and O–H groups in total. The van der Waals surface area contributed by atoms with Crippen LogP contribution in [-0.2, 0) is 17.9 Å². The molecule has 0 aliphatic carbocycles. The fourth-order valence-corrected chi connectivity index (χ4v) is 3.00. The molecule has 1 heterocycles. The van der Waals surface area contributed by atoms with Gasteiger partial charge in [0, 0.05) is 36.6 Å². The molecule has 1 amide bonds. The SMILES string of the molecule is Cc1ccccc1CN(Cc1cccnc1)C(=O)/C=C/c1cccc(Cl)c1. The topological polar surface area (TPSA) is 33.2 Å². The van der Waals surface area contributed by atoms with Crippen molar-refractivity contribution >= 4 is 23.6 Å². The van der Waals surface area contributed by atoms with Gasteiger partial charge in [-0.3, -0.25) is 9.78 Å². The number of nitrogens with zero attached hydrogens (tertiary/aromatic N) is 2. The minimum absolute atomic E-state index is 0.0536. The fraction of sp³-hybridized carbons (Fsp3) is 0.130. The van der Waals surface area contributed by atoms with Crippen molar-refractivity contribution in [2.75, 3.05) is 0 Å². The smallest absolute Gasteiger partial charge is 0.247 e. The summed E-state index contributed by atoms with van der Waals surface area (Å²) in [5.41, 5.74) is 4.19. The lowest BCUT2D eigenvalue weighted by atomic mass is 10.1. The first-order valence-corrected chi connectivity index (χ1v) is 9.15. The number of aromatic nitrogens is 1. The molecule has 2 aromatic carbocycles. The van der Waals surface area contributed by atoms with Crippen LogP contribution in [0.4, 0.5) is 0 Å². The Labute approximate surface area is 164 Å². The van der Waals surface area contributed by atoms with Crippen LogP contribution < -0.4 is 0 Å². The van der Waals surface area contributed by atoms with E-state index < -0.39 is 0 Å². The van der Waals surface area contributed by atoms with Crippen molar-refractivity contribution in [2.45, 2.75) is 20.0 Å². The molecule has 136 valence electrons. The standard InChI is InChI=1S/C23H21ClN2O/c1-18-6-2-3-9-21(18)17-26(16-20-8-5-13-25-15-20)23(27)12-11-19-7-4-10-22(24)14-19/h2-15H,16-17H2,1H3/b12-11+. The van der Waals surface area contributed by atoms with Crippen molar-refractivity contribution in [1.29, 1.82) is 0 Å². The Morgan fingerprint density at radius 1 is 1.07 bits per heavy atom. The second-order valence-electron chi connectivity index (χ2n) is 6.37. The van der Waals surface area contributed by atoms with E-state index in [2.05, 4.69) is 24.0 Å². The number of carbonyl (C=O) groups is 1. The molecule has 0 aliphatic heterocycles. The number of pyridine rings is 1. The second-order valence-corrected chi connectivity index (χ2v) is 6.81. The summed E-state index contributed by atoms with van der Waals surface area (Å²) in [5, 5.41) is 0.650. The van der Waals surface area contributed by atoms with Gasteiger partial charge in [0.25, 0.3) is 0 Å². The molecule has 3 aromatic rings. The van der Waals surface area contributed by atoms with Crippen LogP contribution in [0.5, 0.6) is 0 Å². The van der Waals surface area contributed by atoms with Gasteiger partial charge < -0.3 is 4.90 Å². The first kappa shape index (κ1) is 18.9. The lowest BCUT2D eigenvalue weighted by Crippen LogP contribution is -2.28. The number of halogens is 1. The van der Waals surface area contributed by atoms with Crippen molar-refractivity contribution in [1.82, 2.24) is 9.88 Å². The van der Waals surface area contributed by atoms with Crippen molar-refractivity contribution in [2.24, 2.45) is 0 Å². The Bertz CT molecular complexity index is 938. The first-order valence-electron chi connectivity index (χ1n) is 8.78. The number of amides is 1. The van der Waals surface area contributed by atoms with Gasteiger partial charge in [-0.25, -0.2) is 0 Å². The van der Waals surface area contributed by atoms with E-state index in [1.54, 1.807) is 24.5 Å². The highest BCUT2D eigenvalue weighted by atomic mass is 35.5. The molecule has 0 saturated heterocycles. The quantitative estimate of drug-likeness (QED) is 0.548. The highest BCUT2D eigenvalue weighted by molar-refractivity contribution is 6.30. The summed E-state index contributed by atoms with van der Waals surface area (Å²) >= 11 is 6.02. The maximum Gasteiger partial charge on any atom is 0.247 e. The predicted molar refractivity (Wildman–Crippen MR) is 110 cm³/mol. The van der Waals surface area contributed by atoms with E-state index in [1.807, 2.05) is 53.4 Å². The van der Waals surface area contributed by atoms with Crippen LogP contribution in [0.1, 0.15) is 22.3 Å². The van der Waals surface area contributed by atoms with E-state index in [4.69, 9.17) is 11.6 Å². The van der Waals surface area contributed by atoms with Crippen LogP contribution in [0.2, 0.25) is 5.02 Å². The van der Waals surface area contributed by atoms with E-state index in [-0.39, 0.29) is 5.91 Å². The van der Waals surface area contributed by atoms with E-state index in [0.717, 1.165) is 16.7 Å². The zero-order valence-electron chi connectivity index (χ0n) is 15.2. The maximum absolute atomic E-state index is 12.9. The Balaban J connectivity index is 1.81. The third kappa shape index (κ3) is 5.53. The number of hydrogen-bond donors (Lipinski definition) is 0. The van der Waals surface area contributed by atoms with Crippen LogP contribution in [-0.4, -0.2) is 15.8 Å². The summed E-state index contributed by atoms with van der Waals surface area (Å²) in [6, 6.07) is 19.4. The molecule has 3 rings (SSSR count). The van der Waals surface area contributed by atoms with Crippen LogP contribution in [0, 0.1) is 6.92 Å². The molecule has 1 aromatic heterocycles. The molecule has 0 atom stereocenters. The number of carbonyl (C=O) groups excluding carboxylic acids is 1. The number of aryl methyl sites for hydroxylation is 1.